The van der Waals surface area contributed by atoms with Crippen LogP contribution in [0.2, 0.25) is 0 Å². The summed E-state index contributed by atoms with van der Waals surface area (Å²) in [6.07, 6.45) is 0. The molecule has 1 atom stereocenters. The summed E-state index contributed by atoms with van der Waals surface area (Å²) < 4.78 is 42.1. The van der Waals surface area contributed by atoms with Crippen LogP contribution >= 0.6 is 0 Å². The van der Waals surface area contributed by atoms with Gasteiger partial charge in [-0.3, -0.25) is 0 Å². The first-order chi connectivity index (χ1) is 9.34. The summed E-state index contributed by atoms with van der Waals surface area (Å²) in [5.74, 6) is -0.214. The van der Waals surface area contributed by atoms with Crippen LogP contribution < -0.4 is 15.4 Å². The third-order valence-corrected chi connectivity index (χ3v) is 5.16. The molecule has 0 spiro atoms. The zero-order valence-corrected chi connectivity index (χ0v) is 12.4. The highest BCUT2D eigenvalue weighted by molar-refractivity contribution is 7.91. The van der Waals surface area contributed by atoms with Gasteiger partial charge >= 0.3 is 0 Å². The second-order valence-corrected chi connectivity index (χ2v) is 7.16. The molecule has 112 valence electrons. The van der Waals surface area contributed by atoms with Crippen LogP contribution in [0.5, 0.6) is 5.75 Å². The molecule has 1 unspecified atom stereocenters. The third kappa shape index (κ3) is 2.98. The minimum absolute atomic E-state index is 0.0772. The quantitative estimate of drug-likeness (QED) is 0.855. The molecule has 0 amide bonds. The molecule has 20 heavy (non-hydrogen) atoms. The maximum Gasteiger partial charge on any atom is 0.167 e. The Balaban J connectivity index is 2.35. The number of sulfone groups is 1. The van der Waals surface area contributed by atoms with Crippen molar-refractivity contribution < 1.29 is 17.5 Å². The molecule has 0 saturated carbocycles. The Morgan fingerprint density at radius 2 is 2.20 bits per heavy atom. The van der Waals surface area contributed by atoms with Gasteiger partial charge in [-0.05, 0) is 13.8 Å². The number of nitrogens with two attached hydrogens (primary N) is 1. The second kappa shape index (κ2) is 5.47. The lowest BCUT2D eigenvalue weighted by molar-refractivity contribution is 0.321. The number of ether oxygens (including phenoxy) is 1. The lowest BCUT2D eigenvalue weighted by Crippen LogP contribution is -2.47. The fraction of sp³-hybridized carbons (Fsp3) is 0.538. The van der Waals surface area contributed by atoms with Gasteiger partial charge in [-0.2, -0.15) is 0 Å². The van der Waals surface area contributed by atoms with E-state index >= 15 is 0 Å². The fourth-order valence-electron chi connectivity index (χ4n) is 2.43. The normalized spacial score (nSPS) is 21.8. The van der Waals surface area contributed by atoms with E-state index in [1.54, 1.807) is 13.0 Å². The molecule has 1 aromatic rings. The second-order valence-electron chi connectivity index (χ2n) is 4.93. The van der Waals surface area contributed by atoms with Crippen molar-refractivity contribution in [1.29, 1.82) is 0 Å². The molecule has 1 aliphatic heterocycles. The average Bonchev–Trinajstić information content (AvgIpc) is 2.33. The molecule has 0 aliphatic carbocycles. The summed E-state index contributed by atoms with van der Waals surface area (Å²) in [4.78, 5) is 1.89. The van der Waals surface area contributed by atoms with Crippen molar-refractivity contribution in [3.8, 4) is 5.75 Å². The predicted octanol–water partition coefficient (Wildman–Crippen LogP) is 1.43. The molecule has 0 bridgehead atoms. The van der Waals surface area contributed by atoms with E-state index in [1.807, 2.05) is 11.8 Å². The van der Waals surface area contributed by atoms with Gasteiger partial charge in [0.15, 0.2) is 21.4 Å². The minimum atomic E-state index is -3.00. The summed E-state index contributed by atoms with van der Waals surface area (Å²) in [6.45, 7) is 4.29. The van der Waals surface area contributed by atoms with E-state index < -0.39 is 15.7 Å². The first-order valence-corrected chi connectivity index (χ1v) is 8.35. The summed E-state index contributed by atoms with van der Waals surface area (Å²) in [5, 5.41) is 0. The van der Waals surface area contributed by atoms with E-state index in [-0.39, 0.29) is 29.0 Å². The topological polar surface area (TPSA) is 72.6 Å². The lowest BCUT2D eigenvalue weighted by Gasteiger charge is -2.36. The van der Waals surface area contributed by atoms with Crippen molar-refractivity contribution in [2.45, 2.75) is 19.9 Å². The number of benzene rings is 1. The van der Waals surface area contributed by atoms with E-state index in [1.165, 1.54) is 6.07 Å². The van der Waals surface area contributed by atoms with E-state index in [0.717, 1.165) is 0 Å². The molecule has 1 heterocycles. The van der Waals surface area contributed by atoms with Gasteiger partial charge in [-0.15, -0.1) is 0 Å². The predicted molar refractivity (Wildman–Crippen MR) is 77.4 cm³/mol. The van der Waals surface area contributed by atoms with Crippen LogP contribution in [0.4, 0.5) is 15.8 Å². The van der Waals surface area contributed by atoms with Crippen LogP contribution in [0, 0.1) is 5.82 Å². The van der Waals surface area contributed by atoms with Crippen molar-refractivity contribution in [2.24, 2.45) is 0 Å². The van der Waals surface area contributed by atoms with Gasteiger partial charge in [0.05, 0.1) is 29.5 Å². The van der Waals surface area contributed by atoms with Gasteiger partial charge < -0.3 is 15.4 Å². The summed E-state index contributed by atoms with van der Waals surface area (Å²) in [7, 11) is -3.00. The van der Waals surface area contributed by atoms with Gasteiger partial charge in [0, 0.05) is 24.7 Å². The average molecular weight is 302 g/mol. The molecule has 2 N–H and O–H groups in total. The molecule has 2 rings (SSSR count). The van der Waals surface area contributed by atoms with Crippen LogP contribution in [-0.4, -0.2) is 39.1 Å². The molecular weight excluding hydrogens is 283 g/mol. The Morgan fingerprint density at radius 1 is 1.50 bits per heavy atom. The highest BCUT2D eigenvalue weighted by Crippen LogP contribution is 2.33. The maximum absolute atomic E-state index is 13.7. The summed E-state index contributed by atoms with van der Waals surface area (Å²) in [6, 6.07) is 2.56. The molecule has 5 nitrogen and oxygen atoms in total. The Labute approximate surface area is 118 Å². The van der Waals surface area contributed by atoms with Crippen molar-refractivity contribution in [2.75, 3.05) is 35.3 Å². The number of nitrogens with zero attached hydrogens (tertiary/aromatic N) is 1. The Kier molecular flexibility index (Phi) is 4.08. The van der Waals surface area contributed by atoms with E-state index in [0.29, 0.717) is 18.8 Å². The molecule has 7 heteroatoms. The number of nitrogen functional groups attached to an aromatic ring is 1. The Morgan fingerprint density at radius 3 is 2.80 bits per heavy atom. The van der Waals surface area contributed by atoms with E-state index in [4.69, 9.17) is 10.5 Å². The smallest absolute Gasteiger partial charge is 0.167 e. The highest BCUT2D eigenvalue weighted by Gasteiger charge is 2.29. The standard InChI is InChI=1S/C13H19FN2O3S/c1-3-19-13-7-12(11(15)6-10(13)14)16-4-5-20(17,18)8-9(16)2/h6-7,9H,3-5,8,15H2,1-2H3. The third-order valence-electron chi connectivity index (χ3n) is 3.36. The fourth-order valence-corrected chi connectivity index (χ4v) is 3.99. The SMILES string of the molecule is CCOc1cc(N2CCS(=O)(=O)CC2C)c(N)cc1F. The number of hydrogen-bond donors (Lipinski definition) is 1. The molecule has 1 fully saturated rings. The minimum Gasteiger partial charge on any atom is -0.491 e. The van der Waals surface area contributed by atoms with Crippen LogP contribution in [0.25, 0.3) is 0 Å². The summed E-state index contributed by atoms with van der Waals surface area (Å²) >= 11 is 0. The van der Waals surface area contributed by atoms with Crippen LogP contribution in [0.3, 0.4) is 0 Å². The van der Waals surface area contributed by atoms with Gasteiger partial charge in [0.2, 0.25) is 0 Å². The van der Waals surface area contributed by atoms with E-state index in [2.05, 4.69) is 0 Å². The molecule has 1 saturated heterocycles. The maximum atomic E-state index is 13.7. The van der Waals surface area contributed by atoms with Crippen LogP contribution in [-0.2, 0) is 9.84 Å². The van der Waals surface area contributed by atoms with Gasteiger partial charge in [-0.1, -0.05) is 0 Å². The number of hydrogen-bond acceptors (Lipinski definition) is 5. The van der Waals surface area contributed by atoms with Crippen molar-refractivity contribution in [1.82, 2.24) is 0 Å². The lowest BCUT2D eigenvalue weighted by atomic mass is 10.2. The van der Waals surface area contributed by atoms with E-state index in [9.17, 15) is 12.8 Å². The van der Waals surface area contributed by atoms with Gasteiger partial charge in [-0.25, -0.2) is 12.8 Å². The van der Waals surface area contributed by atoms with Crippen molar-refractivity contribution in [3.05, 3.63) is 17.9 Å². The Hall–Kier alpha value is -1.50. The largest absolute Gasteiger partial charge is 0.491 e. The van der Waals surface area contributed by atoms with Gasteiger partial charge in [0.25, 0.3) is 0 Å². The zero-order valence-electron chi connectivity index (χ0n) is 11.6. The molecule has 0 aromatic heterocycles. The molecule has 1 aromatic carbocycles. The van der Waals surface area contributed by atoms with Crippen molar-refractivity contribution >= 4 is 21.2 Å². The van der Waals surface area contributed by atoms with Crippen LogP contribution in [0.1, 0.15) is 13.8 Å². The number of halogens is 1. The van der Waals surface area contributed by atoms with Crippen molar-refractivity contribution in [3.63, 3.8) is 0 Å². The van der Waals surface area contributed by atoms with Gasteiger partial charge in [0.1, 0.15) is 0 Å². The first-order valence-electron chi connectivity index (χ1n) is 6.53. The zero-order chi connectivity index (χ0) is 14.9. The van der Waals surface area contributed by atoms with Crippen LogP contribution in [0.15, 0.2) is 12.1 Å². The monoisotopic (exact) mass is 302 g/mol. The molecule has 0 radical (unpaired) electrons. The molecule has 1 aliphatic rings. The number of anilines is 2. The highest BCUT2D eigenvalue weighted by atomic mass is 32.2. The Bertz CT molecular complexity index is 604. The first kappa shape index (κ1) is 14.9. The summed E-state index contributed by atoms with van der Waals surface area (Å²) in [5.41, 5.74) is 6.77. The number of rotatable bonds is 3. The molecular formula is C13H19FN2O3S.